The smallest absolute Gasteiger partial charge is 0.0885 e. The second-order valence-electron chi connectivity index (χ2n) is 7.30. The van der Waals surface area contributed by atoms with E-state index in [1.165, 1.54) is 10.8 Å². The van der Waals surface area contributed by atoms with Gasteiger partial charge in [-0.2, -0.15) is 0 Å². The molecule has 0 aliphatic heterocycles. The van der Waals surface area contributed by atoms with Gasteiger partial charge < -0.3 is 0 Å². The summed E-state index contributed by atoms with van der Waals surface area (Å²) < 4.78 is 0. The molecule has 1 aromatic heterocycles. The van der Waals surface area contributed by atoms with Crippen LogP contribution in [0.2, 0.25) is 0 Å². The number of nitrogens with zero attached hydrogens (tertiary/aromatic N) is 2. The number of aromatic nitrogens is 2. The highest BCUT2D eigenvalue weighted by atomic mass is 14.8. The van der Waals surface area contributed by atoms with Gasteiger partial charge in [0, 0.05) is 11.1 Å². The molecule has 4 aromatic carbocycles. The molecule has 0 amide bonds. The Hall–Kier alpha value is -4.04. The minimum atomic E-state index is 0.765. The highest BCUT2D eigenvalue weighted by molar-refractivity contribution is 5.98. The van der Waals surface area contributed by atoms with Crippen LogP contribution in [0, 0.1) is 0 Å². The van der Waals surface area contributed by atoms with Gasteiger partial charge in [-0.15, -0.1) is 0 Å². The zero-order chi connectivity index (χ0) is 20.5. The van der Waals surface area contributed by atoms with Gasteiger partial charge in [-0.25, -0.2) is 0 Å². The fraction of sp³-hybridized carbons (Fsp3) is 0. The van der Waals surface area contributed by atoms with Crippen molar-refractivity contribution < 1.29 is 0 Å². The molecule has 5 rings (SSSR count). The van der Waals surface area contributed by atoms with Crippen molar-refractivity contribution in [3.05, 3.63) is 133 Å². The lowest BCUT2D eigenvalue weighted by molar-refractivity contribution is 1.14. The summed E-state index contributed by atoms with van der Waals surface area (Å²) in [4.78, 5) is 9.33. The van der Waals surface area contributed by atoms with Crippen molar-refractivity contribution in [3.63, 3.8) is 0 Å². The first kappa shape index (κ1) is 18.0. The third-order valence-electron chi connectivity index (χ3n) is 5.50. The maximum absolute atomic E-state index is 4.67. The Morgan fingerprint density at radius 2 is 0.900 bits per heavy atom. The summed E-state index contributed by atoms with van der Waals surface area (Å²) in [6.45, 7) is 8.59. The topological polar surface area (TPSA) is 25.8 Å². The Balaban J connectivity index is 1.49. The van der Waals surface area contributed by atoms with E-state index >= 15 is 0 Å². The molecule has 0 spiro atoms. The van der Waals surface area contributed by atoms with Crippen LogP contribution in [-0.4, -0.2) is 9.97 Å². The molecule has 30 heavy (non-hydrogen) atoms. The number of fused-ring (bicyclic) bond motifs is 2. The van der Waals surface area contributed by atoms with Crippen LogP contribution >= 0.6 is 0 Å². The Morgan fingerprint density at radius 3 is 1.33 bits per heavy atom. The van der Waals surface area contributed by atoms with Crippen molar-refractivity contribution in [2.75, 3.05) is 0 Å². The van der Waals surface area contributed by atoms with E-state index in [0.717, 1.165) is 44.4 Å². The van der Waals surface area contributed by atoms with Crippen LogP contribution in [0.4, 0.5) is 0 Å². The van der Waals surface area contributed by atoms with Gasteiger partial charge in [-0.1, -0.05) is 98.1 Å². The Bertz CT molecular complexity index is 1290. The summed E-state index contributed by atoms with van der Waals surface area (Å²) in [7, 11) is 0. The summed E-state index contributed by atoms with van der Waals surface area (Å²) in [5.41, 5.74) is 5.40. The van der Waals surface area contributed by atoms with Crippen LogP contribution in [-0.2, 0) is 0 Å². The lowest BCUT2D eigenvalue weighted by Crippen LogP contribution is -1.97. The molecule has 1 heterocycles. The van der Waals surface area contributed by atoms with E-state index in [0.29, 0.717) is 0 Å². The second-order valence-corrected chi connectivity index (χ2v) is 7.30. The summed E-state index contributed by atoms with van der Waals surface area (Å²) in [5.74, 6) is 0. The SMILES string of the molecule is C=C(c1cnc(C(=C)c2cccc3ccccc23)cn1)c1cccc2ccccc12. The Labute approximate surface area is 175 Å². The summed E-state index contributed by atoms with van der Waals surface area (Å²) in [6, 6.07) is 29.1. The second kappa shape index (κ2) is 7.41. The first-order chi connectivity index (χ1) is 14.7. The molecule has 0 saturated carbocycles. The summed E-state index contributed by atoms with van der Waals surface area (Å²) in [6.07, 6.45) is 3.57. The van der Waals surface area contributed by atoms with Crippen LogP contribution < -0.4 is 0 Å². The predicted octanol–water partition coefficient (Wildman–Crippen LogP) is 6.91. The largest absolute Gasteiger partial charge is 0.252 e. The minimum Gasteiger partial charge on any atom is -0.252 e. The number of benzene rings is 4. The fourth-order valence-corrected chi connectivity index (χ4v) is 3.89. The Morgan fingerprint density at radius 1 is 0.500 bits per heavy atom. The number of rotatable bonds is 4. The molecule has 0 N–H and O–H groups in total. The summed E-state index contributed by atoms with van der Waals surface area (Å²) in [5, 5.41) is 4.70. The van der Waals surface area contributed by atoms with E-state index in [2.05, 4.69) is 71.7 Å². The van der Waals surface area contributed by atoms with Crippen molar-refractivity contribution in [2.45, 2.75) is 0 Å². The van der Waals surface area contributed by atoms with E-state index in [9.17, 15) is 0 Å². The molecule has 0 aliphatic carbocycles. The highest BCUT2D eigenvalue weighted by Gasteiger charge is 2.11. The molecule has 0 aliphatic rings. The minimum absolute atomic E-state index is 0.765. The molecule has 0 bridgehead atoms. The van der Waals surface area contributed by atoms with Crippen LogP contribution in [0.5, 0.6) is 0 Å². The molecule has 0 fully saturated rings. The molecular formula is C28H20N2. The average Bonchev–Trinajstić information content (AvgIpc) is 2.82. The molecule has 2 heteroatoms. The molecule has 0 unspecified atom stereocenters. The van der Waals surface area contributed by atoms with E-state index in [1.807, 2.05) is 36.4 Å². The first-order valence-electron chi connectivity index (χ1n) is 9.89. The van der Waals surface area contributed by atoms with E-state index in [4.69, 9.17) is 0 Å². The van der Waals surface area contributed by atoms with Crippen molar-refractivity contribution in [1.82, 2.24) is 9.97 Å². The number of hydrogen-bond donors (Lipinski definition) is 0. The van der Waals surface area contributed by atoms with Gasteiger partial charge in [0.05, 0.1) is 23.8 Å². The van der Waals surface area contributed by atoms with Gasteiger partial charge >= 0.3 is 0 Å². The maximum atomic E-state index is 4.67. The van der Waals surface area contributed by atoms with Crippen molar-refractivity contribution in [3.8, 4) is 0 Å². The third-order valence-corrected chi connectivity index (χ3v) is 5.50. The van der Waals surface area contributed by atoms with Crippen molar-refractivity contribution >= 4 is 32.7 Å². The molecule has 0 atom stereocenters. The number of hydrogen-bond acceptors (Lipinski definition) is 2. The van der Waals surface area contributed by atoms with Gasteiger partial charge in [0.2, 0.25) is 0 Å². The lowest BCUT2D eigenvalue weighted by Gasteiger charge is -2.11. The maximum Gasteiger partial charge on any atom is 0.0885 e. The Kier molecular flexibility index (Phi) is 4.45. The molecular weight excluding hydrogens is 364 g/mol. The van der Waals surface area contributed by atoms with Crippen molar-refractivity contribution in [1.29, 1.82) is 0 Å². The predicted molar refractivity (Wildman–Crippen MR) is 126 cm³/mol. The first-order valence-corrected chi connectivity index (χ1v) is 9.89. The monoisotopic (exact) mass is 384 g/mol. The van der Waals surface area contributed by atoms with Gasteiger partial charge in [0.1, 0.15) is 0 Å². The average molecular weight is 384 g/mol. The fourth-order valence-electron chi connectivity index (χ4n) is 3.89. The highest BCUT2D eigenvalue weighted by Crippen LogP contribution is 2.30. The summed E-state index contributed by atoms with van der Waals surface area (Å²) >= 11 is 0. The van der Waals surface area contributed by atoms with E-state index in [-0.39, 0.29) is 0 Å². The zero-order valence-corrected chi connectivity index (χ0v) is 16.5. The van der Waals surface area contributed by atoms with Crippen LogP contribution in [0.1, 0.15) is 22.5 Å². The van der Waals surface area contributed by atoms with Crippen LogP contribution in [0.3, 0.4) is 0 Å². The van der Waals surface area contributed by atoms with Crippen molar-refractivity contribution in [2.24, 2.45) is 0 Å². The quantitative estimate of drug-likeness (QED) is 0.336. The van der Waals surface area contributed by atoms with Gasteiger partial charge in [-0.3, -0.25) is 9.97 Å². The standard InChI is InChI=1S/C28H20N2/c1-19(23-15-7-11-21-9-3-5-13-25(21)23)27-17-30-28(18-29-27)20(2)24-16-8-12-22-10-4-6-14-26(22)24/h3-18H,1-2H2. The molecule has 0 radical (unpaired) electrons. The molecule has 142 valence electrons. The van der Waals surface area contributed by atoms with E-state index < -0.39 is 0 Å². The molecule has 0 saturated heterocycles. The van der Waals surface area contributed by atoms with E-state index in [1.54, 1.807) is 12.4 Å². The lowest BCUT2D eigenvalue weighted by atomic mass is 9.96. The zero-order valence-electron chi connectivity index (χ0n) is 16.5. The van der Waals surface area contributed by atoms with Gasteiger partial charge in [-0.05, 0) is 32.7 Å². The van der Waals surface area contributed by atoms with Gasteiger partial charge in [0.15, 0.2) is 0 Å². The van der Waals surface area contributed by atoms with Crippen LogP contribution in [0.25, 0.3) is 32.7 Å². The van der Waals surface area contributed by atoms with Crippen LogP contribution in [0.15, 0.2) is 110 Å². The molecule has 2 nitrogen and oxygen atoms in total. The normalized spacial score (nSPS) is 10.9. The van der Waals surface area contributed by atoms with Gasteiger partial charge in [0.25, 0.3) is 0 Å². The molecule has 5 aromatic rings. The third kappa shape index (κ3) is 3.09.